The van der Waals surface area contributed by atoms with E-state index in [4.69, 9.17) is 5.26 Å². The summed E-state index contributed by atoms with van der Waals surface area (Å²) in [6.07, 6.45) is 0. The van der Waals surface area contributed by atoms with E-state index in [-0.39, 0.29) is 12.1 Å². The second-order valence-electron chi connectivity index (χ2n) is 2.76. The molecule has 0 aliphatic carbocycles. The fraction of sp³-hybridized carbons (Fsp3) is 0. The second kappa shape index (κ2) is 2.41. The van der Waals surface area contributed by atoms with Gasteiger partial charge in [-0.05, 0) is 18.2 Å². The average molecular weight is 247 g/mol. The van der Waals surface area contributed by atoms with Gasteiger partial charge in [0.2, 0.25) is 0 Å². The highest BCUT2D eigenvalue weighted by Gasteiger charge is 2.65. The first kappa shape index (κ1) is 11.7. The summed E-state index contributed by atoms with van der Waals surface area (Å²) in [6, 6.07) is 1.19. The quantitative estimate of drug-likeness (QED) is 0.676. The standard InChI is InChI=1S/C7H3F6NS/c8-6-1-5(4-14)2-7(3-6)15(9,10,11,12)13/h1-3H. The number of nitrogens with zero attached hydrogens (tertiary/aromatic N) is 1. The molecule has 0 unspecified atom stereocenters. The maximum Gasteiger partial charge on any atom is 0.310 e. The van der Waals surface area contributed by atoms with Crippen LogP contribution in [0.4, 0.5) is 23.8 Å². The number of halogens is 6. The molecule has 0 aromatic heterocycles. The molecule has 8 heteroatoms. The third-order valence-corrected chi connectivity index (χ3v) is 2.57. The molecule has 0 spiro atoms. The minimum Gasteiger partial charge on any atom is -0.207 e. The summed E-state index contributed by atoms with van der Waals surface area (Å²) in [5.41, 5.74) is -0.807. The van der Waals surface area contributed by atoms with Crippen LogP contribution >= 0.6 is 10.2 Å². The molecule has 1 aromatic rings. The van der Waals surface area contributed by atoms with Crippen molar-refractivity contribution in [1.29, 1.82) is 5.26 Å². The predicted molar refractivity (Wildman–Crippen MR) is 42.5 cm³/mol. The van der Waals surface area contributed by atoms with E-state index in [1.807, 2.05) is 0 Å². The highest BCUT2D eigenvalue weighted by molar-refractivity contribution is 8.45. The Kier molecular flexibility index (Phi) is 1.88. The van der Waals surface area contributed by atoms with Gasteiger partial charge in [-0.2, -0.15) is 5.26 Å². The first-order chi connectivity index (χ1) is 6.42. The van der Waals surface area contributed by atoms with Crippen molar-refractivity contribution >= 4 is 10.2 Å². The molecular weight excluding hydrogens is 244 g/mol. The summed E-state index contributed by atoms with van der Waals surface area (Å²) in [5.74, 6) is -1.53. The smallest absolute Gasteiger partial charge is 0.207 e. The predicted octanol–water partition coefficient (Wildman–Crippen LogP) is 4.35. The van der Waals surface area contributed by atoms with E-state index in [1.165, 1.54) is 0 Å². The molecular formula is C7H3F6NS. The second-order valence-corrected chi connectivity index (χ2v) is 5.17. The average Bonchev–Trinajstić information content (AvgIpc) is 1.99. The zero-order chi connectivity index (χ0) is 12.0. The van der Waals surface area contributed by atoms with Gasteiger partial charge >= 0.3 is 10.2 Å². The van der Waals surface area contributed by atoms with E-state index in [1.54, 1.807) is 0 Å². The maximum atomic E-state index is 12.5. The van der Waals surface area contributed by atoms with Crippen LogP contribution in [0.2, 0.25) is 0 Å². The fourth-order valence-corrected chi connectivity index (χ4v) is 1.53. The molecule has 0 amide bonds. The van der Waals surface area contributed by atoms with Crippen molar-refractivity contribution < 1.29 is 23.8 Å². The van der Waals surface area contributed by atoms with Crippen molar-refractivity contribution in [3.63, 3.8) is 0 Å². The summed E-state index contributed by atoms with van der Waals surface area (Å²) in [4.78, 5) is -2.40. The molecule has 0 heterocycles. The molecule has 15 heavy (non-hydrogen) atoms. The van der Waals surface area contributed by atoms with Gasteiger partial charge in [-0.3, -0.25) is 0 Å². The lowest BCUT2D eigenvalue weighted by Gasteiger charge is -2.40. The third-order valence-electron chi connectivity index (χ3n) is 1.45. The van der Waals surface area contributed by atoms with E-state index in [2.05, 4.69) is 0 Å². The molecule has 1 rings (SSSR count). The summed E-state index contributed by atoms with van der Waals surface area (Å²) >= 11 is 0. The van der Waals surface area contributed by atoms with Gasteiger partial charge in [0.05, 0.1) is 11.6 Å². The highest BCUT2D eigenvalue weighted by Crippen LogP contribution is 3.02. The minimum absolute atomic E-state index is 0.0787. The highest BCUT2D eigenvalue weighted by atomic mass is 32.5. The zero-order valence-electron chi connectivity index (χ0n) is 6.86. The summed E-state index contributed by atoms with van der Waals surface area (Å²) in [6.45, 7) is 0. The van der Waals surface area contributed by atoms with Crippen molar-refractivity contribution in [3.8, 4) is 6.07 Å². The van der Waals surface area contributed by atoms with Crippen LogP contribution < -0.4 is 0 Å². The molecule has 1 nitrogen and oxygen atoms in total. The fourth-order valence-electron chi connectivity index (χ4n) is 0.850. The Morgan fingerprint density at radius 2 is 1.53 bits per heavy atom. The van der Waals surface area contributed by atoms with Crippen molar-refractivity contribution in [2.75, 3.05) is 0 Å². The van der Waals surface area contributed by atoms with Crippen molar-refractivity contribution in [3.05, 3.63) is 29.6 Å². The molecule has 0 saturated carbocycles. The van der Waals surface area contributed by atoms with E-state index >= 15 is 0 Å². The van der Waals surface area contributed by atoms with Crippen molar-refractivity contribution in [1.82, 2.24) is 0 Å². The van der Waals surface area contributed by atoms with Crippen LogP contribution in [0.5, 0.6) is 0 Å². The molecule has 0 fully saturated rings. The number of nitriles is 1. The van der Waals surface area contributed by atoms with Gasteiger partial charge in [0.15, 0.2) is 0 Å². The van der Waals surface area contributed by atoms with E-state index < -0.39 is 26.5 Å². The van der Waals surface area contributed by atoms with Gasteiger partial charge in [-0.1, -0.05) is 19.4 Å². The Morgan fingerprint density at radius 1 is 1.00 bits per heavy atom. The molecule has 0 bridgehead atoms. The van der Waals surface area contributed by atoms with Crippen LogP contribution in [-0.4, -0.2) is 0 Å². The van der Waals surface area contributed by atoms with E-state index in [0.717, 1.165) is 6.07 Å². The van der Waals surface area contributed by atoms with Gasteiger partial charge in [0.1, 0.15) is 10.7 Å². The van der Waals surface area contributed by atoms with Gasteiger partial charge in [0.25, 0.3) is 0 Å². The van der Waals surface area contributed by atoms with Gasteiger partial charge in [-0.25, -0.2) is 4.39 Å². The Bertz CT molecular complexity index is 456. The lowest BCUT2D eigenvalue weighted by Crippen LogP contribution is -2.06. The van der Waals surface area contributed by atoms with E-state index in [0.29, 0.717) is 6.07 Å². The first-order valence-electron chi connectivity index (χ1n) is 3.37. The Hall–Kier alpha value is -1.36. The molecule has 0 radical (unpaired) electrons. The van der Waals surface area contributed by atoms with Gasteiger partial charge in [0, 0.05) is 0 Å². The largest absolute Gasteiger partial charge is 0.310 e. The Morgan fingerprint density at radius 3 is 1.93 bits per heavy atom. The summed E-state index contributed by atoms with van der Waals surface area (Å²) in [7, 11) is -9.91. The first-order valence-corrected chi connectivity index (χ1v) is 5.32. The van der Waals surface area contributed by atoms with Crippen LogP contribution in [0.15, 0.2) is 23.1 Å². The molecule has 84 valence electrons. The van der Waals surface area contributed by atoms with Crippen molar-refractivity contribution in [2.24, 2.45) is 0 Å². The number of hydrogen-bond donors (Lipinski definition) is 0. The number of rotatable bonds is 1. The van der Waals surface area contributed by atoms with E-state index in [9.17, 15) is 23.8 Å². The zero-order valence-corrected chi connectivity index (χ0v) is 7.67. The molecule has 0 N–H and O–H groups in total. The Labute approximate surface area is 80.7 Å². The van der Waals surface area contributed by atoms with Crippen LogP contribution in [-0.2, 0) is 0 Å². The van der Waals surface area contributed by atoms with Crippen LogP contribution in [0.25, 0.3) is 0 Å². The molecule has 0 aliphatic heterocycles. The lowest BCUT2D eigenvalue weighted by molar-refractivity contribution is 0.363. The maximum absolute atomic E-state index is 12.5. The topological polar surface area (TPSA) is 23.8 Å². The molecule has 0 saturated heterocycles. The minimum atomic E-state index is -9.91. The number of benzene rings is 1. The Balaban J connectivity index is 3.56. The third kappa shape index (κ3) is 2.79. The van der Waals surface area contributed by atoms with Crippen molar-refractivity contribution in [2.45, 2.75) is 4.90 Å². The van der Waals surface area contributed by atoms with Crippen LogP contribution in [0.3, 0.4) is 0 Å². The van der Waals surface area contributed by atoms with Crippen LogP contribution in [0, 0.1) is 17.1 Å². The summed E-state index contributed by atoms with van der Waals surface area (Å²) in [5, 5.41) is 8.20. The monoisotopic (exact) mass is 247 g/mol. The SMILES string of the molecule is N#Cc1cc(F)cc(S(F)(F)(F)(F)F)c1. The lowest BCUT2D eigenvalue weighted by atomic mass is 10.2. The summed E-state index contributed by atoms with van der Waals surface area (Å²) < 4.78 is 73.4. The number of hydrogen-bond acceptors (Lipinski definition) is 1. The molecule has 0 atom stereocenters. The molecule has 0 aliphatic rings. The molecule has 1 aromatic carbocycles. The van der Waals surface area contributed by atoms with Crippen LogP contribution in [0.1, 0.15) is 5.56 Å². The normalized spacial score (nSPS) is 16.3. The van der Waals surface area contributed by atoms with Gasteiger partial charge in [-0.15, -0.1) is 0 Å². The van der Waals surface area contributed by atoms with Gasteiger partial charge < -0.3 is 0 Å².